The Hall–Kier alpha value is -1.55. The van der Waals surface area contributed by atoms with Crippen molar-refractivity contribution in [3.05, 3.63) is 29.8 Å². The van der Waals surface area contributed by atoms with Gasteiger partial charge in [0.05, 0.1) is 25.2 Å². The van der Waals surface area contributed by atoms with E-state index in [1.165, 1.54) is 18.4 Å². The standard InChI is InChI=1S/C20H27NO3/c1-13(15-5-6-15)21(12-14-3-7-16(23-2)8-4-14)20(22)18-11-17-9-10-19(18)24-17/h3-4,7-8,13,15,17-19H,5-6,9-12H2,1-2H3/t13-,17-,18-,19-/m1/s1. The average molecular weight is 329 g/mol. The molecule has 1 aromatic carbocycles. The molecule has 1 amide bonds. The normalized spacial score (nSPS) is 29.5. The fraction of sp³-hybridized carbons (Fsp3) is 0.650. The van der Waals surface area contributed by atoms with Gasteiger partial charge < -0.3 is 14.4 Å². The largest absolute Gasteiger partial charge is 0.497 e. The van der Waals surface area contributed by atoms with Crippen LogP contribution in [0.15, 0.2) is 24.3 Å². The molecule has 130 valence electrons. The molecule has 2 aliphatic heterocycles. The monoisotopic (exact) mass is 329 g/mol. The van der Waals surface area contributed by atoms with Crippen LogP contribution in [-0.4, -0.2) is 36.2 Å². The molecule has 2 heterocycles. The van der Waals surface area contributed by atoms with Gasteiger partial charge in [-0.1, -0.05) is 12.1 Å². The predicted molar refractivity (Wildman–Crippen MR) is 91.7 cm³/mol. The predicted octanol–water partition coefficient (Wildman–Crippen LogP) is 3.39. The van der Waals surface area contributed by atoms with Crippen molar-refractivity contribution in [1.82, 2.24) is 4.90 Å². The van der Waals surface area contributed by atoms with Crippen molar-refractivity contribution in [3.8, 4) is 5.75 Å². The Morgan fingerprint density at radius 2 is 2.00 bits per heavy atom. The van der Waals surface area contributed by atoms with Crippen LogP contribution in [0.4, 0.5) is 0 Å². The van der Waals surface area contributed by atoms with Crippen molar-refractivity contribution in [3.63, 3.8) is 0 Å². The lowest BCUT2D eigenvalue weighted by Gasteiger charge is -2.33. The summed E-state index contributed by atoms with van der Waals surface area (Å²) in [5, 5.41) is 0. The van der Waals surface area contributed by atoms with E-state index in [4.69, 9.17) is 9.47 Å². The number of rotatable bonds is 6. The Kier molecular flexibility index (Phi) is 4.25. The third-order valence-corrected chi connectivity index (χ3v) is 6.01. The van der Waals surface area contributed by atoms with Gasteiger partial charge in [0.15, 0.2) is 0 Å². The highest BCUT2D eigenvalue weighted by molar-refractivity contribution is 5.80. The molecule has 0 N–H and O–H groups in total. The van der Waals surface area contributed by atoms with Crippen molar-refractivity contribution in [2.75, 3.05) is 7.11 Å². The minimum Gasteiger partial charge on any atom is -0.497 e. The van der Waals surface area contributed by atoms with E-state index >= 15 is 0 Å². The first-order valence-electron chi connectivity index (χ1n) is 9.24. The summed E-state index contributed by atoms with van der Waals surface area (Å²) in [7, 11) is 1.68. The quantitative estimate of drug-likeness (QED) is 0.803. The second kappa shape index (κ2) is 6.40. The van der Waals surface area contributed by atoms with E-state index in [0.717, 1.165) is 25.0 Å². The van der Waals surface area contributed by atoms with Crippen LogP contribution in [0.25, 0.3) is 0 Å². The highest BCUT2D eigenvalue weighted by Gasteiger charge is 2.47. The number of amides is 1. The highest BCUT2D eigenvalue weighted by atomic mass is 16.5. The van der Waals surface area contributed by atoms with E-state index in [-0.39, 0.29) is 12.0 Å². The maximum atomic E-state index is 13.3. The molecule has 4 nitrogen and oxygen atoms in total. The summed E-state index contributed by atoms with van der Waals surface area (Å²) in [6.45, 7) is 2.90. The molecule has 4 atom stereocenters. The number of ether oxygens (including phenoxy) is 2. The minimum atomic E-state index is 0.0724. The van der Waals surface area contributed by atoms with Gasteiger partial charge in [-0.05, 0) is 62.6 Å². The van der Waals surface area contributed by atoms with Crippen molar-refractivity contribution >= 4 is 5.91 Å². The van der Waals surface area contributed by atoms with Crippen LogP contribution in [0, 0.1) is 11.8 Å². The van der Waals surface area contributed by atoms with Gasteiger partial charge in [-0.3, -0.25) is 4.79 Å². The Labute approximate surface area is 144 Å². The summed E-state index contributed by atoms with van der Waals surface area (Å²) in [6, 6.07) is 8.39. The Morgan fingerprint density at radius 1 is 1.25 bits per heavy atom. The lowest BCUT2D eigenvalue weighted by Crippen LogP contribution is -2.45. The lowest BCUT2D eigenvalue weighted by atomic mass is 9.87. The van der Waals surface area contributed by atoms with Crippen molar-refractivity contribution in [2.24, 2.45) is 11.8 Å². The number of nitrogens with zero attached hydrogens (tertiary/aromatic N) is 1. The highest BCUT2D eigenvalue weighted by Crippen LogP contribution is 2.42. The van der Waals surface area contributed by atoms with Gasteiger partial charge in [-0.2, -0.15) is 0 Å². The summed E-state index contributed by atoms with van der Waals surface area (Å²) in [5.41, 5.74) is 1.17. The van der Waals surface area contributed by atoms with Crippen LogP contribution >= 0.6 is 0 Å². The van der Waals surface area contributed by atoms with Crippen LogP contribution in [0.2, 0.25) is 0 Å². The molecule has 1 aromatic rings. The molecule has 0 unspecified atom stereocenters. The van der Waals surface area contributed by atoms with E-state index < -0.39 is 0 Å². The molecule has 3 aliphatic rings. The summed E-state index contributed by atoms with van der Waals surface area (Å²) >= 11 is 0. The van der Waals surface area contributed by atoms with Crippen molar-refractivity contribution < 1.29 is 14.3 Å². The lowest BCUT2D eigenvalue weighted by molar-refractivity contribution is -0.140. The molecular weight excluding hydrogens is 302 g/mol. The second-order valence-electron chi connectivity index (χ2n) is 7.61. The molecule has 2 saturated heterocycles. The molecule has 2 bridgehead atoms. The molecule has 1 saturated carbocycles. The fourth-order valence-electron chi connectivity index (χ4n) is 4.29. The maximum absolute atomic E-state index is 13.3. The number of benzene rings is 1. The van der Waals surface area contributed by atoms with Gasteiger partial charge in [0.1, 0.15) is 5.75 Å². The Balaban J connectivity index is 1.51. The van der Waals surface area contributed by atoms with E-state index in [9.17, 15) is 4.79 Å². The third kappa shape index (κ3) is 3.04. The molecule has 0 radical (unpaired) electrons. The van der Waals surface area contributed by atoms with Crippen molar-refractivity contribution in [1.29, 1.82) is 0 Å². The van der Waals surface area contributed by atoms with Gasteiger partial charge in [0.25, 0.3) is 0 Å². The molecule has 24 heavy (non-hydrogen) atoms. The Morgan fingerprint density at radius 3 is 2.54 bits per heavy atom. The van der Waals surface area contributed by atoms with Crippen LogP contribution in [0.5, 0.6) is 5.75 Å². The van der Waals surface area contributed by atoms with E-state index in [0.29, 0.717) is 30.5 Å². The second-order valence-corrected chi connectivity index (χ2v) is 7.61. The molecule has 4 rings (SSSR count). The first-order chi connectivity index (χ1) is 11.7. The minimum absolute atomic E-state index is 0.0724. The zero-order valence-electron chi connectivity index (χ0n) is 14.6. The SMILES string of the molecule is COc1ccc(CN(C(=O)[C@@H]2C[C@H]3CC[C@H]2O3)[C@H](C)C2CC2)cc1. The third-order valence-electron chi connectivity index (χ3n) is 6.01. The van der Waals surface area contributed by atoms with Crippen molar-refractivity contribution in [2.45, 2.75) is 63.8 Å². The average Bonchev–Trinajstić information content (AvgIpc) is 3.26. The summed E-state index contributed by atoms with van der Waals surface area (Å²) < 4.78 is 11.2. The van der Waals surface area contributed by atoms with Gasteiger partial charge in [0.2, 0.25) is 5.91 Å². The molecule has 4 heteroatoms. The molecule has 0 spiro atoms. The fourth-order valence-corrected chi connectivity index (χ4v) is 4.29. The topological polar surface area (TPSA) is 38.8 Å². The molecule has 1 aliphatic carbocycles. The van der Waals surface area contributed by atoms with Crippen LogP contribution < -0.4 is 4.74 Å². The molecule has 0 aromatic heterocycles. The summed E-state index contributed by atoms with van der Waals surface area (Å²) in [6.07, 6.45) is 6.08. The molecular formula is C20H27NO3. The first-order valence-corrected chi connectivity index (χ1v) is 9.24. The number of fused-ring (bicyclic) bond motifs is 2. The Bertz CT molecular complexity index is 595. The zero-order valence-corrected chi connectivity index (χ0v) is 14.6. The van der Waals surface area contributed by atoms with E-state index in [1.54, 1.807) is 7.11 Å². The van der Waals surface area contributed by atoms with Gasteiger partial charge in [-0.15, -0.1) is 0 Å². The summed E-state index contributed by atoms with van der Waals surface area (Å²) in [5.74, 6) is 1.90. The number of carbonyl (C=O) groups excluding carboxylic acids is 1. The van der Waals surface area contributed by atoms with E-state index in [2.05, 4.69) is 24.0 Å². The van der Waals surface area contributed by atoms with Gasteiger partial charge in [-0.25, -0.2) is 0 Å². The van der Waals surface area contributed by atoms with Gasteiger partial charge in [0, 0.05) is 12.6 Å². The number of carbonyl (C=O) groups is 1. The first kappa shape index (κ1) is 15.9. The smallest absolute Gasteiger partial charge is 0.228 e. The van der Waals surface area contributed by atoms with E-state index in [1.807, 2.05) is 12.1 Å². The number of hydrogen-bond acceptors (Lipinski definition) is 3. The zero-order chi connectivity index (χ0) is 16.7. The number of hydrogen-bond donors (Lipinski definition) is 0. The summed E-state index contributed by atoms with van der Waals surface area (Å²) in [4.78, 5) is 15.4. The van der Waals surface area contributed by atoms with Crippen LogP contribution in [0.3, 0.4) is 0 Å². The molecule has 3 fully saturated rings. The van der Waals surface area contributed by atoms with Crippen LogP contribution in [0.1, 0.15) is 44.6 Å². The van der Waals surface area contributed by atoms with Gasteiger partial charge >= 0.3 is 0 Å². The number of methoxy groups -OCH3 is 1. The maximum Gasteiger partial charge on any atom is 0.228 e. The van der Waals surface area contributed by atoms with Crippen LogP contribution in [-0.2, 0) is 16.1 Å².